The Morgan fingerprint density at radius 1 is 1.11 bits per heavy atom. The maximum atomic E-state index is 13.0. The molecule has 0 radical (unpaired) electrons. The van der Waals surface area contributed by atoms with Crippen molar-refractivity contribution >= 4 is 17.2 Å². The summed E-state index contributed by atoms with van der Waals surface area (Å²) < 4.78 is 16.1. The van der Waals surface area contributed by atoms with Gasteiger partial charge in [0.25, 0.3) is 5.91 Å². The first-order chi connectivity index (χ1) is 13.6. The van der Waals surface area contributed by atoms with E-state index < -0.39 is 0 Å². The number of likely N-dealkylation sites (tertiary alicyclic amines) is 1. The summed E-state index contributed by atoms with van der Waals surface area (Å²) in [6.07, 6.45) is 2.41. The minimum Gasteiger partial charge on any atom is -0.493 e. The van der Waals surface area contributed by atoms with Crippen molar-refractivity contribution in [1.29, 1.82) is 0 Å². The zero-order chi connectivity index (χ0) is 20.1. The molecule has 3 rings (SSSR count). The predicted molar refractivity (Wildman–Crippen MR) is 111 cm³/mol. The van der Waals surface area contributed by atoms with Crippen LogP contribution in [0.3, 0.4) is 0 Å². The van der Waals surface area contributed by atoms with Crippen LogP contribution in [0.5, 0.6) is 17.2 Å². The van der Waals surface area contributed by atoms with Gasteiger partial charge in [-0.1, -0.05) is 6.07 Å². The lowest BCUT2D eigenvalue weighted by atomic mass is 10.1. The molecule has 1 aliphatic rings. The molecule has 2 atom stereocenters. The van der Waals surface area contributed by atoms with Gasteiger partial charge in [-0.15, -0.1) is 11.3 Å². The first-order valence-electron chi connectivity index (χ1n) is 9.47. The van der Waals surface area contributed by atoms with Gasteiger partial charge in [-0.3, -0.25) is 9.69 Å². The summed E-state index contributed by atoms with van der Waals surface area (Å²) in [7, 11) is 4.63. The Bertz CT molecular complexity index is 763. The second kappa shape index (κ2) is 9.30. The highest BCUT2D eigenvalue weighted by Gasteiger charge is 2.30. The van der Waals surface area contributed by atoms with Crippen LogP contribution >= 0.6 is 11.3 Å². The maximum Gasteiger partial charge on any atom is 0.251 e. The molecular weight excluding hydrogens is 376 g/mol. The molecule has 0 spiro atoms. The van der Waals surface area contributed by atoms with E-state index in [-0.39, 0.29) is 18.0 Å². The van der Waals surface area contributed by atoms with Crippen LogP contribution < -0.4 is 19.5 Å². The number of nitrogens with zero attached hydrogens (tertiary/aromatic N) is 1. The average Bonchev–Trinajstić information content (AvgIpc) is 3.41. The van der Waals surface area contributed by atoms with E-state index in [2.05, 4.69) is 34.7 Å². The Labute approximate surface area is 170 Å². The Balaban J connectivity index is 1.82. The van der Waals surface area contributed by atoms with Crippen LogP contribution in [0.15, 0.2) is 29.6 Å². The third-order valence-corrected chi connectivity index (χ3v) is 6.07. The van der Waals surface area contributed by atoms with Gasteiger partial charge in [0.2, 0.25) is 5.75 Å². The van der Waals surface area contributed by atoms with Crippen LogP contribution in [0.4, 0.5) is 0 Å². The highest BCUT2D eigenvalue weighted by Crippen LogP contribution is 2.38. The minimum absolute atomic E-state index is 0.0386. The average molecular weight is 405 g/mol. The minimum atomic E-state index is -0.160. The van der Waals surface area contributed by atoms with Gasteiger partial charge in [0.15, 0.2) is 11.5 Å². The van der Waals surface area contributed by atoms with Crippen molar-refractivity contribution < 1.29 is 19.0 Å². The van der Waals surface area contributed by atoms with Crippen LogP contribution in [0.25, 0.3) is 0 Å². The van der Waals surface area contributed by atoms with Gasteiger partial charge < -0.3 is 19.5 Å². The number of carbonyl (C=O) groups excluding carboxylic acids is 1. The number of hydrogen-bond donors (Lipinski definition) is 1. The molecule has 152 valence electrons. The molecule has 0 unspecified atom stereocenters. The summed E-state index contributed by atoms with van der Waals surface area (Å²) in [4.78, 5) is 16.7. The van der Waals surface area contributed by atoms with Gasteiger partial charge in [0.1, 0.15) is 0 Å². The standard InChI is InChI=1S/C21H28N2O4S/c1-14(19(18-8-7-11-28-18)23-9-5-6-10-23)22-21(24)15-12-16(25-2)20(27-4)17(13-15)26-3/h7-8,11-14,19H,5-6,9-10H2,1-4H3,(H,22,24)/t14-,19+/m0/s1. The Morgan fingerprint density at radius 3 is 2.25 bits per heavy atom. The molecule has 1 aromatic carbocycles. The third kappa shape index (κ3) is 4.25. The number of methoxy groups -OCH3 is 3. The largest absolute Gasteiger partial charge is 0.493 e. The van der Waals surface area contributed by atoms with E-state index in [1.54, 1.807) is 44.8 Å². The Morgan fingerprint density at radius 2 is 1.75 bits per heavy atom. The van der Waals surface area contributed by atoms with Gasteiger partial charge >= 0.3 is 0 Å². The molecule has 28 heavy (non-hydrogen) atoms. The predicted octanol–water partition coefficient (Wildman–Crippen LogP) is 3.73. The van der Waals surface area contributed by atoms with Crippen molar-refractivity contribution in [2.45, 2.75) is 31.8 Å². The molecule has 1 N–H and O–H groups in total. The summed E-state index contributed by atoms with van der Waals surface area (Å²) in [5.74, 6) is 1.25. The molecule has 0 aliphatic carbocycles. The summed E-state index contributed by atoms with van der Waals surface area (Å²) in [6.45, 7) is 4.19. The summed E-state index contributed by atoms with van der Waals surface area (Å²) in [6, 6.07) is 7.71. The van der Waals surface area contributed by atoms with Crippen molar-refractivity contribution in [3.05, 3.63) is 40.1 Å². The SMILES string of the molecule is COc1cc(C(=O)N[C@@H](C)[C@H](c2cccs2)N2CCCC2)cc(OC)c1OC. The van der Waals surface area contributed by atoms with Crippen molar-refractivity contribution in [3.63, 3.8) is 0 Å². The second-order valence-corrected chi connectivity index (χ2v) is 7.86. The molecule has 2 heterocycles. The fourth-order valence-electron chi connectivity index (χ4n) is 3.80. The van der Waals surface area contributed by atoms with E-state index >= 15 is 0 Å². The number of hydrogen-bond acceptors (Lipinski definition) is 6. The quantitative estimate of drug-likeness (QED) is 0.726. The van der Waals surface area contributed by atoms with Gasteiger partial charge in [0, 0.05) is 16.5 Å². The fourth-order valence-corrected chi connectivity index (χ4v) is 4.77. The molecule has 1 aliphatic heterocycles. The summed E-state index contributed by atoms with van der Waals surface area (Å²) in [5.41, 5.74) is 0.479. The molecule has 1 aromatic heterocycles. The van der Waals surface area contributed by atoms with Gasteiger partial charge in [-0.05, 0) is 56.4 Å². The smallest absolute Gasteiger partial charge is 0.251 e. The number of ether oxygens (including phenoxy) is 3. The van der Waals surface area contributed by atoms with E-state index in [1.165, 1.54) is 17.7 Å². The van der Waals surface area contributed by atoms with Gasteiger partial charge in [0.05, 0.1) is 27.4 Å². The van der Waals surface area contributed by atoms with Crippen LogP contribution in [0.1, 0.15) is 41.0 Å². The normalized spacial score (nSPS) is 16.4. The molecule has 2 aromatic rings. The monoisotopic (exact) mass is 404 g/mol. The van der Waals surface area contributed by atoms with Crippen molar-refractivity contribution in [3.8, 4) is 17.2 Å². The topological polar surface area (TPSA) is 60.0 Å². The highest BCUT2D eigenvalue weighted by atomic mass is 32.1. The zero-order valence-electron chi connectivity index (χ0n) is 16.9. The number of benzene rings is 1. The molecule has 0 bridgehead atoms. The zero-order valence-corrected chi connectivity index (χ0v) is 17.7. The van der Waals surface area contributed by atoms with Gasteiger partial charge in [-0.2, -0.15) is 0 Å². The number of carbonyl (C=O) groups is 1. The van der Waals surface area contributed by atoms with E-state index in [1.807, 2.05) is 0 Å². The molecule has 1 saturated heterocycles. The number of thiophene rings is 1. The molecular formula is C21H28N2O4S. The lowest BCUT2D eigenvalue weighted by molar-refractivity contribution is 0.0907. The van der Waals surface area contributed by atoms with Crippen LogP contribution in [-0.4, -0.2) is 51.3 Å². The first kappa shape index (κ1) is 20.5. The molecule has 1 amide bonds. The third-order valence-electron chi connectivity index (χ3n) is 5.13. The second-order valence-electron chi connectivity index (χ2n) is 6.88. The van der Waals surface area contributed by atoms with E-state index in [9.17, 15) is 4.79 Å². The first-order valence-corrected chi connectivity index (χ1v) is 10.3. The molecule has 1 fully saturated rings. The van der Waals surface area contributed by atoms with E-state index in [0.29, 0.717) is 22.8 Å². The lowest BCUT2D eigenvalue weighted by Gasteiger charge is -2.32. The van der Waals surface area contributed by atoms with Crippen molar-refractivity contribution in [2.24, 2.45) is 0 Å². The van der Waals surface area contributed by atoms with Crippen LogP contribution in [-0.2, 0) is 0 Å². The molecule has 6 nitrogen and oxygen atoms in total. The van der Waals surface area contributed by atoms with Crippen LogP contribution in [0.2, 0.25) is 0 Å². The fraction of sp³-hybridized carbons (Fsp3) is 0.476. The van der Waals surface area contributed by atoms with E-state index in [4.69, 9.17) is 14.2 Å². The van der Waals surface area contributed by atoms with Crippen molar-refractivity contribution in [2.75, 3.05) is 34.4 Å². The maximum absolute atomic E-state index is 13.0. The van der Waals surface area contributed by atoms with Crippen LogP contribution in [0, 0.1) is 0 Å². The molecule has 0 saturated carbocycles. The summed E-state index contributed by atoms with van der Waals surface area (Å²) in [5, 5.41) is 5.27. The highest BCUT2D eigenvalue weighted by molar-refractivity contribution is 7.10. The molecule has 7 heteroatoms. The lowest BCUT2D eigenvalue weighted by Crippen LogP contribution is -2.43. The van der Waals surface area contributed by atoms with E-state index in [0.717, 1.165) is 13.1 Å². The summed E-state index contributed by atoms with van der Waals surface area (Å²) >= 11 is 1.74. The number of nitrogens with one attached hydrogen (secondary N) is 1. The number of amides is 1. The van der Waals surface area contributed by atoms with Crippen molar-refractivity contribution in [1.82, 2.24) is 10.2 Å². The Kier molecular flexibility index (Phi) is 6.80. The Hall–Kier alpha value is -2.25. The van der Waals surface area contributed by atoms with Gasteiger partial charge in [-0.25, -0.2) is 0 Å². The number of rotatable bonds is 8.